The van der Waals surface area contributed by atoms with E-state index in [0.29, 0.717) is 21.8 Å². The first kappa shape index (κ1) is 19.8. The number of nitrogens with zero attached hydrogens (tertiary/aromatic N) is 2. The van der Waals surface area contributed by atoms with Crippen LogP contribution in [0.2, 0.25) is 0 Å². The first-order valence-corrected chi connectivity index (χ1v) is 12.1. The van der Waals surface area contributed by atoms with Crippen LogP contribution in [0.4, 0.5) is 0 Å². The minimum Gasteiger partial charge on any atom is -0.481 e. The van der Waals surface area contributed by atoms with Gasteiger partial charge < -0.3 is 5.11 Å². The molecular weight excluding hydrogens is 428 g/mol. The molecule has 1 N–H and O–H groups in total. The Kier molecular flexibility index (Phi) is 5.05. The Bertz CT molecular complexity index is 1320. The molecule has 0 spiro atoms. The maximum absolute atomic E-state index is 13.4. The first-order valence-electron chi connectivity index (χ1n) is 8.85. The van der Waals surface area contributed by atoms with Crippen LogP contribution in [0.5, 0.6) is 0 Å². The summed E-state index contributed by atoms with van der Waals surface area (Å²) in [6.07, 6.45) is 1.73. The van der Waals surface area contributed by atoms with Crippen molar-refractivity contribution < 1.29 is 18.3 Å². The highest BCUT2D eigenvalue weighted by Crippen LogP contribution is 2.33. The Labute approximate surface area is 176 Å². The molecular formula is C20H18N2O4S3. The maximum Gasteiger partial charge on any atom is 0.303 e. The summed E-state index contributed by atoms with van der Waals surface area (Å²) in [5.41, 5.74) is 3.72. The van der Waals surface area contributed by atoms with Gasteiger partial charge in [-0.1, -0.05) is 6.07 Å². The summed E-state index contributed by atoms with van der Waals surface area (Å²) >= 11 is 2.73. The zero-order valence-corrected chi connectivity index (χ0v) is 18.2. The summed E-state index contributed by atoms with van der Waals surface area (Å²) in [6.45, 7) is 3.46. The van der Waals surface area contributed by atoms with Crippen molar-refractivity contribution in [2.24, 2.45) is 0 Å². The van der Waals surface area contributed by atoms with Gasteiger partial charge in [0.1, 0.15) is 0 Å². The highest BCUT2D eigenvalue weighted by Gasteiger charge is 2.26. The number of rotatable bonds is 6. The molecule has 6 nitrogen and oxygen atoms in total. The molecule has 150 valence electrons. The van der Waals surface area contributed by atoms with Crippen molar-refractivity contribution in [2.75, 3.05) is 0 Å². The average molecular weight is 447 g/mol. The molecule has 0 atom stereocenters. The number of thiophene rings is 1. The Morgan fingerprint density at radius 3 is 2.62 bits per heavy atom. The molecule has 0 aliphatic rings. The van der Waals surface area contributed by atoms with Gasteiger partial charge in [0.25, 0.3) is 10.0 Å². The third kappa shape index (κ3) is 3.61. The fourth-order valence-corrected chi connectivity index (χ4v) is 6.97. The molecule has 0 unspecified atom stereocenters. The van der Waals surface area contributed by atoms with Crippen molar-refractivity contribution >= 4 is 49.6 Å². The minimum absolute atomic E-state index is 0.0689. The minimum atomic E-state index is -3.83. The Morgan fingerprint density at radius 1 is 1.21 bits per heavy atom. The number of aromatic nitrogens is 2. The van der Waals surface area contributed by atoms with E-state index in [9.17, 15) is 13.2 Å². The van der Waals surface area contributed by atoms with Gasteiger partial charge in [-0.05, 0) is 65.9 Å². The second-order valence-electron chi connectivity index (χ2n) is 6.70. The fraction of sp³-hybridized carbons (Fsp3) is 0.200. The van der Waals surface area contributed by atoms with Crippen LogP contribution in [-0.2, 0) is 21.2 Å². The number of carbonyl (C=O) groups is 1. The van der Waals surface area contributed by atoms with E-state index in [1.807, 2.05) is 29.0 Å². The largest absolute Gasteiger partial charge is 0.481 e. The molecule has 0 bridgehead atoms. The topological polar surface area (TPSA) is 89.3 Å². The van der Waals surface area contributed by atoms with Gasteiger partial charge in [0, 0.05) is 18.0 Å². The first-order chi connectivity index (χ1) is 13.8. The highest BCUT2D eigenvalue weighted by atomic mass is 32.2. The SMILES string of the molecule is Cc1nc(C)c(S(=O)(=O)n2cc(CCC(=O)O)c3cc(-c4ccsc4)ccc32)s1. The van der Waals surface area contributed by atoms with Crippen LogP contribution < -0.4 is 0 Å². The summed E-state index contributed by atoms with van der Waals surface area (Å²) in [6, 6.07) is 7.61. The van der Waals surface area contributed by atoms with Crippen molar-refractivity contribution in [1.82, 2.24) is 8.96 Å². The zero-order chi connectivity index (χ0) is 20.8. The normalized spacial score (nSPS) is 11.9. The summed E-state index contributed by atoms with van der Waals surface area (Å²) in [7, 11) is -3.83. The van der Waals surface area contributed by atoms with E-state index in [1.165, 1.54) is 3.97 Å². The third-order valence-electron chi connectivity index (χ3n) is 4.67. The molecule has 0 aliphatic carbocycles. The van der Waals surface area contributed by atoms with Gasteiger partial charge in [-0.25, -0.2) is 8.96 Å². The van der Waals surface area contributed by atoms with Gasteiger partial charge in [0.15, 0.2) is 4.21 Å². The molecule has 4 rings (SSSR count). The van der Waals surface area contributed by atoms with Crippen LogP contribution in [0.25, 0.3) is 22.0 Å². The molecule has 0 fully saturated rings. The number of fused-ring (bicyclic) bond motifs is 1. The third-order valence-corrected chi connectivity index (χ3v) is 8.69. The number of benzene rings is 1. The summed E-state index contributed by atoms with van der Waals surface area (Å²) < 4.78 is 28.2. The molecule has 0 aliphatic heterocycles. The predicted octanol–water partition coefficient (Wildman–Crippen LogP) is 4.70. The summed E-state index contributed by atoms with van der Waals surface area (Å²) in [5.74, 6) is -0.920. The Balaban J connectivity index is 1.92. The van der Waals surface area contributed by atoms with Gasteiger partial charge in [0.2, 0.25) is 0 Å². The van der Waals surface area contributed by atoms with E-state index >= 15 is 0 Å². The van der Waals surface area contributed by atoms with Crippen molar-refractivity contribution in [1.29, 1.82) is 0 Å². The number of aliphatic carboxylic acids is 1. The fourth-order valence-electron chi connectivity index (χ4n) is 3.36. The lowest BCUT2D eigenvalue weighted by Gasteiger charge is -2.07. The van der Waals surface area contributed by atoms with Crippen LogP contribution >= 0.6 is 22.7 Å². The van der Waals surface area contributed by atoms with E-state index < -0.39 is 16.0 Å². The molecule has 29 heavy (non-hydrogen) atoms. The van der Waals surface area contributed by atoms with Gasteiger partial charge >= 0.3 is 5.97 Å². The lowest BCUT2D eigenvalue weighted by molar-refractivity contribution is -0.136. The number of aryl methyl sites for hydroxylation is 3. The van der Waals surface area contributed by atoms with E-state index in [-0.39, 0.29) is 17.1 Å². The lowest BCUT2D eigenvalue weighted by atomic mass is 10.0. The molecule has 9 heteroatoms. The van der Waals surface area contributed by atoms with E-state index in [0.717, 1.165) is 27.8 Å². The standard InChI is InChI=1S/C20H18N2O4S3/c1-12-20(28-13(2)21-12)29(25,26)22-10-15(4-6-19(23)24)17-9-14(3-5-18(17)22)16-7-8-27-11-16/h3,5,7-11H,4,6H2,1-2H3,(H,23,24). The number of hydrogen-bond donors (Lipinski definition) is 1. The van der Waals surface area contributed by atoms with Gasteiger partial charge in [-0.3, -0.25) is 4.79 Å². The zero-order valence-electron chi connectivity index (χ0n) is 15.7. The van der Waals surface area contributed by atoms with E-state index in [2.05, 4.69) is 4.98 Å². The number of carboxylic acid groups (broad SMARTS) is 1. The quantitative estimate of drug-likeness (QED) is 0.464. The second-order valence-corrected chi connectivity index (χ2v) is 10.7. The number of hydrogen-bond acceptors (Lipinski definition) is 6. The smallest absolute Gasteiger partial charge is 0.303 e. The van der Waals surface area contributed by atoms with Crippen LogP contribution in [0, 0.1) is 13.8 Å². The molecule has 1 aromatic carbocycles. The van der Waals surface area contributed by atoms with Crippen LogP contribution in [0.15, 0.2) is 45.4 Å². The lowest BCUT2D eigenvalue weighted by Crippen LogP contribution is -2.11. The molecule has 3 aromatic heterocycles. The number of carboxylic acids is 1. The van der Waals surface area contributed by atoms with Crippen molar-refractivity contribution in [2.45, 2.75) is 30.9 Å². The number of thiazole rings is 1. The van der Waals surface area contributed by atoms with Crippen molar-refractivity contribution in [3.05, 3.63) is 57.5 Å². The molecule has 4 aromatic rings. The molecule has 0 amide bonds. The Morgan fingerprint density at radius 2 is 2.00 bits per heavy atom. The molecule has 0 saturated heterocycles. The maximum atomic E-state index is 13.4. The average Bonchev–Trinajstić information content (AvgIpc) is 3.38. The van der Waals surface area contributed by atoms with Gasteiger partial charge in [-0.2, -0.15) is 19.8 Å². The van der Waals surface area contributed by atoms with Crippen LogP contribution in [-0.4, -0.2) is 28.5 Å². The van der Waals surface area contributed by atoms with Crippen LogP contribution in [0.3, 0.4) is 0 Å². The van der Waals surface area contributed by atoms with Crippen LogP contribution in [0.1, 0.15) is 22.7 Å². The molecule has 0 saturated carbocycles. The van der Waals surface area contributed by atoms with E-state index in [4.69, 9.17) is 5.11 Å². The van der Waals surface area contributed by atoms with Crippen molar-refractivity contribution in [3.8, 4) is 11.1 Å². The summed E-state index contributed by atoms with van der Waals surface area (Å²) in [5, 5.41) is 14.5. The monoisotopic (exact) mass is 446 g/mol. The predicted molar refractivity (Wildman–Crippen MR) is 115 cm³/mol. The second kappa shape index (κ2) is 7.40. The van der Waals surface area contributed by atoms with Gasteiger partial charge in [-0.15, -0.1) is 11.3 Å². The van der Waals surface area contributed by atoms with Crippen molar-refractivity contribution in [3.63, 3.8) is 0 Å². The molecule has 0 radical (unpaired) electrons. The van der Waals surface area contributed by atoms with E-state index in [1.54, 1.807) is 37.4 Å². The van der Waals surface area contributed by atoms with Gasteiger partial charge in [0.05, 0.1) is 16.2 Å². The molecule has 3 heterocycles. The summed E-state index contributed by atoms with van der Waals surface area (Å²) in [4.78, 5) is 15.4. The highest BCUT2D eigenvalue weighted by molar-refractivity contribution is 7.92. The Hall–Kier alpha value is -2.49.